The van der Waals surface area contributed by atoms with Gasteiger partial charge in [-0.05, 0) is 68.0 Å². The molecule has 0 spiro atoms. The molecule has 2 aromatic rings. The molecule has 0 atom stereocenters. The van der Waals surface area contributed by atoms with Gasteiger partial charge in [0.15, 0.2) is 29.7 Å². The molecule has 200 valence electrons. The fraction of sp³-hybridized carbons (Fsp3) is 0.444. The topological polar surface area (TPSA) is 109 Å². The number of carboxylic acids is 1. The first kappa shape index (κ1) is 28.4. The minimum atomic E-state index is -1.06. The van der Waals surface area contributed by atoms with Gasteiger partial charge in [0.1, 0.15) is 11.6 Å². The van der Waals surface area contributed by atoms with Crippen LogP contribution in [0.2, 0.25) is 0 Å². The Kier molecular flexibility index (Phi) is 9.53. The molecular formula is C27H32BrFN2O6. The average Bonchev–Trinajstić information content (AvgIpc) is 3.49. The summed E-state index contributed by atoms with van der Waals surface area (Å²) in [6, 6.07) is 6.73. The minimum Gasteiger partial charge on any atom is -0.490 e. The van der Waals surface area contributed by atoms with Crippen LogP contribution < -0.4 is 14.2 Å². The monoisotopic (exact) mass is 578 g/mol. The van der Waals surface area contributed by atoms with Crippen LogP contribution in [-0.2, 0) is 11.3 Å². The van der Waals surface area contributed by atoms with Gasteiger partial charge in [-0.25, -0.2) is 9.18 Å². The minimum absolute atomic E-state index is 0. The molecule has 0 amide bonds. The summed E-state index contributed by atoms with van der Waals surface area (Å²) < 4.78 is 31.8. The summed E-state index contributed by atoms with van der Waals surface area (Å²) in [5, 5.41) is 17.6. The molecule has 8 nitrogen and oxygen atoms in total. The molecule has 0 aromatic heterocycles. The van der Waals surface area contributed by atoms with E-state index in [0.29, 0.717) is 23.5 Å². The van der Waals surface area contributed by atoms with Crippen molar-refractivity contribution in [3.63, 3.8) is 0 Å². The van der Waals surface area contributed by atoms with Crippen LogP contribution in [-0.4, -0.2) is 54.0 Å². The summed E-state index contributed by atoms with van der Waals surface area (Å²) in [5.41, 5.74) is 1.99. The highest BCUT2D eigenvalue weighted by Crippen LogP contribution is 2.40. The standard InChI is InChI=1S/C27H31FN2O6.BrH/c1-3-34-22-12-18-13-30(27(29)24(18)25(28)26(22)35-4-2)14-20(31)17-9-10-21(36-15-23(32)33)19(11-17)16-7-5-6-8-16;/h9-12,16,29H,3-8,13-15H2,1-2H3,(H,32,33);1H. The van der Waals surface area contributed by atoms with Crippen molar-refractivity contribution < 1.29 is 33.3 Å². The van der Waals surface area contributed by atoms with Crippen LogP contribution in [0.4, 0.5) is 4.39 Å². The van der Waals surface area contributed by atoms with Crippen molar-refractivity contribution in [3.8, 4) is 17.2 Å². The summed E-state index contributed by atoms with van der Waals surface area (Å²) in [5.74, 6) is -1.04. The maximum Gasteiger partial charge on any atom is 0.341 e. The second-order valence-corrected chi connectivity index (χ2v) is 8.96. The lowest BCUT2D eigenvalue weighted by Crippen LogP contribution is -2.30. The van der Waals surface area contributed by atoms with E-state index in [4.69, 9.17) is 24.7 Å². The molecule has 1 aliphatic carbocycles. The first-order chi connectivity index (χ1) is 17.3. The van der Waals surface area contributed by atoms with Crippen LogP contribution in [0, 0.1) is 11.2 Å². The Balaban J connectivity index is 0.00000380. The fourth-order valence-corrected chi connectivity index (χ4v) is 4.97. The molecule has 2 aliphatic rings. The fourth-order valence-electron chi connectivity index (χ4n) is 4.97. The van der Waals surface area contributed by atoms with Crippen molar-refractivity contribution in [2.24, 2.45) is 0 Å². The van der Waals surface area contributed by atoms with E-state index in [1.165, 1.54) is 4.90 Å². The number of carbonyl (C=O) groups is 2. The van der Waals surface area contributed by atoms with Gasteiger partial charge in [-0.1, -0.05) is 12.8 Å². The number of aliphatic carboxylic acids is 1. The highest BCUT2D eigenvalue weighted by molar-refractivity contribution is 8.93. The van der Waals surface area contributed by atoms with Gasteiger partial charge in [0.05, 0.1) is 25.3 Å². The number of rotatable bonds is 11. The molecule has 2 N–H and O–H groups in total. The predicted octanol–water partition coefficient (Wildman–Crippen LogP) is 5.35. The molecule has 2 aromatic carbocycles. The van der Waals surface area contributed by atoms with E-state index in [9.17, 15) is 9.59 Å². The zero-order valence-electron chi connectivity index (χ0n) is 21.0. The van der Waals surface area contributed by atoms with E-state index >= 15 is 4.39 Å². The second kappa shape index (κ2) is 12.4. The Morgan fingerprint density at radius 2 is 1.78 bits per heavy atom. The van der Waals surface area contributed by atoms with Crippen LogP contribution in [0.5, 0.6) is 17.2 Å². The third kappa shape index (κ3) is 6.06. The van der Waals surface area contributed by atoms with E-state index in [0.717, 1.165) is 31.2 Å². The van der Waals surface area contributed by atoms with E-state index in [2.05, 4.69) is 0 Å². The average molecular weight is 579 g/mol. The number of carbonyl (C=O) groups excluding carboxylic acids is 1. The number of Topliss-reactive ketones (excluding diaryl/α,β-unsaturated/α-hetero) is 1. The van der Waals surface area contributed by atoms with E-state index in [-0.39, 0.29) is 71.3 Å². The summed E-state index contributed by atoms with van der Waals surface area (Å²) in [6.45, 7) is 3.80. The third-order valence-electron chi connectivity index (χ3n) is 6.58. The highest BCUT2D eigenvalue weighted by atomic mass is 79.9. The number of nitrogens with one attached hydrogen (secondary N) is 1. The number of hydrogen-bond donors (Lipinski definition) is 2. The summed E-state index contributed by atoms with van der Waals surface area (Å²) in [6.07, 6.45) is 4.06. The molecule has 1 heterocycles. The quantitative estimate of drug-likeness (QED) is 0.346. The van der Waals surface area contributed by atoms with Gasteiger partial charge in [0.25, 0.3) is 0 Å². The first-order valence-corrected chi connectivity index (χ1v) is 12.3. The summed E-state index contributed by atoms with van der Waals surface area (Å²) in [4.78, 5) is 25.8. The molecule has 0 unspecified atom stereocenters. The van der Waals surface area contributed by atoms with Crippen LogP contribution >= 0.6 is 17.0 Å². The number of fused-ring (bicyclic) bond motifs is 1. The van der Waals surface area contributed by atoms with Crippen molar-refractivity contribution >= 4 is 34.6 Å². The van der Waals surface area contributed by atoms with E-state index in [1.807, 2.05) is 0 Å². The second-order valence-electron chi connectivity index (χ2n) is 8.96. The van der Waals surface area contributed by atoms with Gasteiger partial charge < -0.3 is 24.2 Å². The van der Waals surface area contributed by atoms with Gasteiger partial charge in [0, 0.05) is 12.1 Å². The van der Waals surface area contributed by atoms with Crippen molar-refractivity contribution in [2.75, 3.05) is 26.4 Å². The van der Waals surface area contributed by atoms with Crippen LogP contribution in [0.25, 0.3) is 0 Å². The molecule has 0 bridgehead atoms. The summed E-state index contributed by atoms with van der Waals surface area (Å²) in [7, 11) is 0. The number of carboxylic acid groups (broad SMARTS) is 1. The molecule has 1 saturated carbocycles. The van der Waals surface area contributed by atoms with Gasteiger partial charge in [0.2, 0.25) is 0 Å². The van der Waals surface area contributed by atoms with Crippen molar-refractivity contribution in [1.29, 1.82) is 5.41 Å². The molecule has 10 heteroatoms. The molecule has 4 rings (SSSR count). The SMILES string of the molecule is Br.CCOc1cc2c(c(F)c1OCC)C(=N)N(CC(=O)c1ccc(OCC(=O)O)c(C3CCCC3)c1)C2. The number of halogens is 2. The zero-order valence-corrected chi connectivity index (χ0v) is 22.7. The number of nitrogens with zero attached hydrogens (tertiary/aromatic N) is 1. The molecule has 37 heavy (non-hydrogen) atoms. The largest absolute Gasteiger partial charge is 0.490 e. The molecule has 0 radical (unpaired) electrons. The highest BCUT2D eigenvalue weighted by Gasteiger charge is 2.33. The number of hydrogen-bond acceptors (Lipinski definition) is 6. The van der Waals surface area contributed by atoms with E-state index < -0.39 is 18.4 Å². The maximum atomic E-state index is 15.3. The van der Waals surface area contributed by atoms with Crippen LogP contribution in [0.3, 0.4) is 0 Å². The van der Waals surface area contributed by atoms with Crippen molar-refractivity contribution in [2.45, 2.75) is 52.0 Å². The number of benzene rings is 2. The van der Waals surface area contributed by atoms with Gasteiger partial charge >= 0.3 is 5.97 Å². The van der Waals surface area contributed by atoms with Crippen LogP contribution in [0.15, 0.2) is 24.3 Å². The van der Waals surface area contributed by atoms with E-state index in [1.54, 1.807) is 38.1 Å². The Labute approximate surface area is 226 Å². The molecule has 0 saturated heterocycles. The first-order valence-electron chi connectivity index (χ1n) is 12.3. The molecule has 1 fully saturated rings. The van der Waals surface area contributed by atoms with Gasteiger partial charge in [-0.15, -0.1) is 17.0 Å². The number of amidine groups is 1. The van der Waals surface area contributed by atoms with Gasteiger partial charge in [-0.2, -0.15) is 0 Å². The maximum absolute atomic E-state index is 15.3. The normalized spacial score (nSPS) is 14.8. The lowest BCUT2D eigenvalue weighted by Gasteiger charge is -2.19. The van der Waals surface area contributed by atoms with Crippen molar-refractivity contribution in [1.82, 2.24) is 4.90 Å². The number of ketones is 1. The lowest BCUT2D eigenvalue weighted by atomic mass is 9.94. The smallest absolute Gasteiger partial charge is 0.341 e. The molecular weight excluding hydrogens is 547 g/mol. The Hall–Kier alpha value is -3.14. The predicted molar refractivity (Wildman–Crippen MR) is 141 cm³/mol. The van der Waals surface area contributed by atoms with Crippen molar-refractivity contribution in [3.05, 3.63) is 52.3 Å². The Morgan fingerprint density at radius 1 is 1.08 bits per heavy atom. The zero-order chi connectivity index (χ0) is 25.8. The summed E-state index contributed by atoms with van der Waals surface area (Å²) >= 11 is 0. The lowest BCUT2D eigenvalue weighted by molar-refractivity contribution is -0.139. The Morgan fingerprint density at radius 3 is 2.43 bits per heavy atom. The Bertz CT molecular complexity index is 1180. The van der Waals surface area contributed by atoms with Crippen LogP contribution in [0.1, 0.15) is 72.5 Å². The third-order valence-corrected chi connectivity index (χ3v) is 6.58. The van der Waals surface area contributed by atoms with Gasteiger partial charge in [-0.3, -0.25) is 10.2 Å². The number of ether oxygens (including phenoxy) is 3. The molecule has 1 aliphatic heterocycles.